The van der Waals surface area contributed by atoms with E-state index in [1.54, 1.807) is 6.92 Å². The van der Waals surface area contributed by atoms with Crippen molar-refractivity contribution in [2.75, 3.05) is 13.2 Å². The van der Waals surface area contributed by atoms with Crippen LogP contribution in [0.3, 0.4) is 0 Å². The summed E-state index contributed by atoms with van der Waals surface area (Å²) in [7, 11) is 0. The minimum atomic E-state index is -0.471. The summed E-state index contributed by atoms with van der Waals surface area (Å²) in [4.78, 5) is 22.0. The first kappa shape index (κ1) is 13.3. The quantitative estimate of drug-likeness (QED) is 0.507. The van der Waals surface area contributed by atoms with E-state index in [9.17, 15) is 9.59 Å². The molecule has 1 atom stereocenters. The van der Waals surface area contributed by atoms with Crippen LogP contribution in [0.5, 0.6) is 0 Å². The fourth-order valence-corrected chi connectivity index (χ4v) is 0.835. The van der Waals surface area contributed by atoms with E-state index in [-0.39, 0.29) is 12.6 Å². The Hall–Kier alpha value is -1.70. The van der Waals surface area contributed by atoms with Crippen molar-refractivity contribution in [3.8, 4) is 12.3 Å². The van der Waals surface area contributed by atoms with Gasteiger partial charge in [0.1, 0.15) is 6.54 Å². The molecule has 0 saturated heterocycles. The van der Waals surface area contributed by atoms with Gasteiger partial charge in [0.05, 0.1) is 12.6 Å². The lowest BCUT2D eigenvalue weighted by atomic mass is 10.2. The molecule has 0 aliphatic rings. The Kier molecular flexibility index (Phi) is 6.81. The molecular formula is C10H16N2O3. The lowest BCUT2D eigenvalue weighted by Gasteiger charge is -2.11. The van der Waals surface area contributed by atoms with Crippen molar-refractivity contribution in [2.45, 2.75) is 26.3 Å². The number of amides is 2. The lowest BCUT2D eigenvalue weighted by Crippen LogP contribution is -2.43. The van der Waals surface area contributed by atoms with Gasteiger partial charge in [-0.25, -0.2) is 4.79 Å². The maximum absolute atomic E-state index is 11.2. The fourth-order valence-electron chi connectivity index (χ4n) is 0.835. The van der Waals surface area contributed by atoms with Gasteiger partial charge in [-0.3, -0.25) is 4.79 Å². The van der Waals surface area contributed by atoms with E-state index in [1.807, 2.05) is 6.92 Å². The van der Waals surface area contributed by atoms with Gasteiger partial charge in [0.25, 0.3) is 0 Å². The van der Waals surface area contributed by atoms with Crippen LogP contribution in [0.15, 0.2) is 0 Å². The molecule has 15 heavy (non-hydrogen) atoms. The van der Waals surface area contributed by atoms with Gasteiger partial charge in [-0.2, -0.15) is 0 Å². The van der Waals surface area contributed by atoms with Crippen molar-refractivity contribution in [1.29, 1.82) is 0 Å². The summed E-state index contributed by atoms with van der Waals surface area (Å²) in [5.74, 6) is 1.94. The Bertz CT molecular complexity index is 258. The standard InChI is InChI=1S/C10H16N2O3/c1-4-8(5-2)12-10(14)11-7-9(13)15-6-3/h1,8H,5-7H2,2-3H3,(H2,11,12,14). The monoisotopic (exact) mass is 212 g/mol. The maximum atomic E-state index is 11.2. The largest absolute Gasteiger partial charge is 0.465 e. The number of esters is 1. The van der Waals surface area contributed by atoms with Crippen molar-refractivity contribution in [1.82, 2.24) is 10.6 Å². The molecule has 0 fully saturated rings. The van der Waals surface area contributed by atoms with Gasteiger partial charge in [-0.15, -0.1) is 6.42 Å². The van der Waals surface area contributed by atoms with Crippen molar-refractivity contribution in [3.63, 3.8) is 0 Å². The summed E-state index contributed by atoms with van der Waals surface area (Å²) in [6.45, 7) is 3.70. The summed E-state index contributed by atoms with van der Waals surface area (Å²) in [5.41, 5.74) is 0. The molecule has 0 aliphatic heterocycles. The highest BCUT2D eigenvalue weighted by atomic mass is 16.5. The van der Waals surface area contributed by atoms with E-state index in [2.05, 4.69) is 21.3 Å². The number of hydrogen-bond donors (Lipinski definition) is 2. The second-order valence-corrected chi connectivity index (χ2v) is 2.76. The first-order chi connectivity index (χ1) is 7.13. The topological polar surface area (TPSA) is 67.4 Å². The molecule has 0 saturated carbocycles. The highest BCUT2D eigenvalue weighted by molar-refractivity contribution is 5.81. The van der Waals surface area contributed by atoms with Crippen LogP contribution in [0.1, 0.15) is 20.3 Å². The Balaban J connectivity index is 3.75. The molecular weight excluding hydrogens is 196 g/mol. The van der Waals surface area contributed by atoms with Gasteiger partial charge in [0, 0.05) is 0 Å². The number of urea groups is 1. The van der Waals surface area contributed by atoms with Gasteiger partial charge >= 0.3 is 12.0 Å². The molecule has 0 bridgehead atoms. The summed E-state index contributed by atoms with van der Waals surface area (Å²) in [6, 6.07) is -0.778. The molecule has 2 amide bonds. The van der Waals surface area contributed by atoms with E-state index >= 15 is 0 Å². The number of terminal acetylenes is 1. The molecule has 0 heterocycles. The SMILES string of the molecule is C#CC(CC)NC(=O)NCC(=O)OCC. The second-order valence-electron chi connectivity index (χ2n) is 2.76. The average molecular weight is 212 g/mol. The van der Waals surface area contributed by atoms with E-state index in [4.69, 9.17) is 6.42 Å². The smallest absolute Gasteiger partial charge is 0.325 e. The van der Waals surface area contributed by atoms with E-state index < -0.39 is 12.0 Å². The summed E-state index contributed by atoms with van der Waals surface area (Å²) >= 11 is 0. The predicted octanol–water partition coefficient (Wildman–Crippen LogP) is 0.260. The van der Waals surface area contributed by atoms with Crippen LogP contribution >= 0.6 is 0 Å². The maximum Gasteiger partial charge on any atom is 0.325 e. The van der Waals surface area contributed by atoms with E-state index in [1.165, 1.54) is 0 Å². The molecule has 0 aromatic carbocycles. The summed E-state index contributed by atoms with van der Waals surface area (Å²) < 4.78 is 4.63. The molecule has 5 heteroatoms. The zero-order chi connectivity index (χ0) is 11.7. The van der Waals surface area contributed by atoms with Gasteiger partial charge in [0.15, 0.2) is 0 Å². The molecule has 0 aromatic rings. The van der Waals surface area contributed by atoms with Crippen molar-refractivity contribution in [3.05, 3.63) is 0 Å². The normalized spacial score (nSPS) is 11.0. The Morgan fingerprint density at radius 2 is 2.13 bits per heavy atom. The fraction of sp³-hybridized carbons (Fsp3) is 0.600. The molecule has 0 aliphatic carbocycles. The molecule has 84 valence electrons. The van der Waals surface area contributed by atoms with E-state index in [0.29, 0.717) is 13.0 Å². The van der Waals surface area contributed by atoms with Crippen LogP contribution < -0.4 is 10.6 Å². The average Bonchev–Trinajstić information content (AvgIpc) is 2.23. The van der Waals surface area contributed by atoms with Crippen molar-refractivity contribution >= 4 is 12.0 Å². The Labute approximate surface area is 89.6 Å². The van der Waals surface area contributed by atoms with Gasteiger partial charge in [0.2, 0.25) is 0 Å². The van der Waals surface area contributed by atoms with Crippen LogP contribution in [-0.4, -0.2) is 31.2 Å². The molecule has 0 rings (SSSR count). The Morgan fingerprint density at radius 1 is 1.47 bits per heavy atom. The zero-order valence-electron chi connectivity index (χ0n) is 9.00. The van der Waals surface area contributed by atoms with Crippen molar-refractivity contribution in [2.24, 2.45) is 0 Å². The number of carbonyl (C=O) groups is 2. The predicted molar refractivity (Wildman–Crippen MR) is 56.1 cm³/mol. The van der Waals surface area contributed by atoms with E-state index in [0.717, 1.165) is 0 Å². The van der Waals surface area contributed by atoms with Gasteiger partial charge in [-0.1, -0.05) is 12.8 Å². The van der Waals surface area contributed by atoms with Gasteiger partial charge in [-0.05, 0) is 13.3 Å². The minimum Gasteiger partial charge on any atom is -0.465 e. The zero-order valence-corrected chi connectivity index (χ0v) is 9.00. The Morgan fingerprint density at radius 3 is 2.60 bits per heavy atom. The first-order valence-corrected chi connectivity index (χ1v) is 4.80. The first-order valence-electron chi connectivity index (χ1n) is 4.80. The number of hydrogen-bond acceptors (Lipinski definition) is 3. The highest BCUT2D eigenvalue weighted by Crippen LogP contribution is 1.86. The summed E-state index contributed by atoms with van der Waals surface area (Å²) in [6.07, 6.45) is 5.79. The number of carbonyl (C=O) groups excluding carboxylic acids is 2. The van der Waals surface area contributed by atoms with Crippen LogP contribution in [0.25, 0.3) is 0 Å². The van der Waals surface area contributed by atoms with Crippen LogP contribution in [0, 0.1) is 12.3 Å². The van der Waals surface area contributed by atoms with Crippen molar-refractivity contribution < 1.29 is 14.3 Å². The van der Waals surface area contributed by atoms with Crippen LogP contribution in [0.4, 0.5) is 4.79 Å². The van der Waals surface area contributed by atoms with Gasteiger partial charge < -0.3 is 15.4 Å². The molecule has 0 radical (unpaired) electrons. The third-order valence-corrected chi connectivity index (χ3v) is 1.61. The molecule has 0 spiro atoms. The second kappa shape index (κ2) is 7.68. The number of rotatable bonds is 5. The molecule has 2 N–H and O–H groups in total. The number of nitrogens with one attached hydrogen (secondary N) is 2. The minimum absolute atomic E-state index is 0.152. The number of ether oxygens (including phenoxy) is 1. The third-order valence-electron chi connectivity index (χ3n) is 1.61. The van der Waals surface area contributed by atoms with Crippen LogP contribution in [-0.2, 0) is 9.53 Å². The molecule has 0 aromatic heterocycles. The summed E-state index contributed by atoms with van der Waals surface area (Å²) in [5, 5.41) is 4.87. The molecule has 5 nitrogen and oxygen atoms in total. The highest BCUT2D eigenvalue weighted by Gasteiger charge is 2.08. The third kappa shape index (κ3) is 6.38. The van der Waals surface area contributed by atoms with Crippen LogP contribution in [0.2, 0.25) is 0 Å². The lowest BCUT2D eigenvalue weighted by molar-refractivity contribution is -0.141. The molecule has 1 unspecified atom stereocenters.